The van der Waals surface area contributed by atoms with Crippen molar-refractivity contribution in [2.45, 2.75) is 25.3 Å². The number of Topliss-reactive ketones (excluding diaryl/α,β-unsaturated/α-hetero) is 1. The van der Waals surface area contributed by atoms with Gasteiger partial charge in [0.1, 0.15) is 5.76 Å². The van der Waals surface area contributed by atoms with Gasteiger partial charge < -0.3 is 8.98 Å². The summed E-state index contributed by atoms with van der Waals surface area (Å²) in [5, 5.41) is 0.679. The summed E-state index contributed by atoms with van der Waals surface area (Å²) in [5.74, 6) is 1.36. The molecule has 0 N–H and O–H groups in total. The Morgan fingerprint density at radius 3 is 2.71 bits per heavy atom. The monoisotopic (exact) mass is 359 g/mol. The van der Waals surface area contributed by atoms with E-state index in [1.807, 2.05) is 56.3 Å². The Bertz CT molecular complexity index is 852. The number of furan rings is 1. The fourth-order valence-electron chi connectivity index (χ4n) is 2.67. The zero-order valence-corrected chi connectivity index (χ0v) is 15.2. The molecule has 0 amide bonds. The molecule has 0 saturated heterocycles. The van der Waals surface area contributed by atoms with Crippen molar-refractivity contribution in [3.8, 4) is 0 Å². The van der Waals surface area contributed by atoms with Gasteiger partial charge >= 0.3 is 0 Å². The van der Waals surface area contributed by atoms with Crippen LogP contribution in [0.2, 0.25) is 5.02 Å². The van der Waals surface area contributed by atoms with Crippen molar-refractivity contribution in [3.63, 3.8) is 0 Å². The zero-order valence-electron chi connectivity index (χ0n) is 13.6. The minimum absolute atomic E-state index is 0.110. The highest BCUT2D eigenvalue weighted by atomic mass is 35.5. The van der Waals surface area contributed by atoms with Crippen LogP contribution in [0.15, 0.2) is 58.0 Å². The number of carbonyl (C=O) groups is 1. The van der Waals surface area contributed by atoms with Gasteiger partial charge in [-0.05, 0) is 44.2 Å². The molecule has 0 radical (unpaired) electrons. The Kier molecular flexibility index (Phi) is 5.17. The lowest BCUT2D eigenvalue weighted by molar-refractivity contribution is 0.102. The first-order chi connectivity index (χ1) is 11.6. The second kappa shape index (κ2) is 7.32. The minimum atomic E-state index is 0.110. The SMILES string of the molecule is Cc1cc(C(=O)CSc2ccccc2Cl)c(C)n1Cc1ccco1. The van der Waals surface area contributed by atoms with Crippen LogP contribution >= 0.6 is 23.4 Å². The number of nitrogens with zero attached hydrogens (tertiary/aromatic N) is 1. The number of hydrogen-bond acceptors (Lipinski definition) is 3. The van der Waals surface area contributed by atoms with Crippen molar-refractivity contribution in [1.29, 1.82) is 0 Å². The molecule has 0 bridgehead atoms. The van der Waals surface area contributed by atoms with Gasteiger partial charge in [0.25, 0.3) is 0 Å². The van der Waals surface area contributed by atoms with Crippen LogP contribution in [0.1, 0.15) is 27.5 Å². The Morgan fingerprint density at radius 1 is 1.21 bits per heavy atom. The molecule has 1 aromatic carbocycles. The molecule has 3 rings (SSSR count). The van der Waals surface area contributed by atoms with E-state index >= 15 is 0 Å². The molecular weight excluding hydrogens is 342 g/mol. The summed E-state index contributed by atoms with van der Waals surface area (Å²) in [6, 6.07) is 13.3. The van der Waals surface area contributed by atoms with E-state index in [9.17, 15) is 4.79 Å². The Morgan fingerprint density at radius 2 is 2.00 bits per heavy atom. The Balaban J connectivity index is 1.74. The van der Waals surface area contributed by atoms with Gasteiger partial charge in [0, 0.05) is 21.8 Å². The lowest BCUT2D eigenvalue weighted by atomic mass is 10.2. The average Bonchev–Trinajstić information content (AvgIpc) is 3.17. The molecule has 5 heteroatoms. The van der Waals surface area contributed by atoms with Crippen LogP contribution in [0.3, 0.4) is 0 Å². The topological polar surface area (TPSA) is 35.1 Å². The number of aryl methyl sites for hydroxylation is 1. The molecule has 0 fully saturated rings. The number of ketones is 1. The van der Waals surface area contributed by atoms with Gasteiger partial charge in [0.2, 0.25) is 0 Å². The molecular formula is C19H18ClNO2S. The van der Waals surface area contributed by atoms with E-state index in [0.29, 0.717) is 17.3 Å². The molecule has 124 valence electrons. The summed E-state index contributed by atoms with van der Waals surface area (Å²) in [4.78, 5) is 13.5. The number of rotatable bonds is 6. The number of halogens is 1. The van der Waals surface area contributed by atoms with Crippen LogP contribution in [0.25, 0.3) is 0 Å². The molecule has 0 aliphatic carbocycles. The van der Waals surface area contributed by atoms with Crippen molar-refractivity contribution in [2.75, 3.05) is 5.75 Å². The maximum atomic E-state index is 12.6. The summed E-state index contributed by atoms with van der Waals surface area (Å²) >= 11 is 7.62. The maximum absolute atomic E-state index is 12.6. The highest BCUT2D eigenvalue weighted by Crippen LogP contribution is 2.28. The number of thioether (sulfide) groups is 1. The van der Waals surface area contributed by atoms with Gasteiger partial charge in [-0.2, -0.15) is 0 Å². The van der Waals surface area contributed by atoms with Gasteiger partial charge in [-0.15, -0.1) is 11.8 Å². The smallest absolute Gasteiger partial charge is 0.174 e. The van der Waals surface area contributed by atoms with Crippen LogP contribution in [0.4, 0.5) is 0 Å². The van der Waals surface area contributed by atoms with Crippen molar-refractivity contribution in [2.24, 2.45) is 0 Å². The summed E-state index contributed by atoms with van der Waals surface area (Å²) in [6.45, 7) is 4.62. The molecule has 0 aliphatic rings. The minimum Gasteiger partial charge on any atom is -0.467 e. The highest BCUT2D eigenvalue weighted by molar-refractivity contribution is 8.00. The second-order valence-corrected chi connectivity index (χ2v) is 7.02. The van der Waals surface area contributed by atoms with Crippen LogP contribution in [0.5, 0.6) is 0 Å². The molecule has 2 aromatic heterocycles. The summed E-state index contributed by atoms with van der Waals surface area (Å²) in [6.07, 6.45) is 1.66. The van der Waals surface area contributed by atoms with E-state index in [2.05, 4.69) is 4.57 Å². The normalized spacial score (nSPS) is 11.0. The van der Waals surface area contributed by atoms with Crippen molar-refractivity contribution < 1.29 is 9.21 Å². The standard InChI is InChI=1S/C19H18ClNO2S/c1-13-10-16(14(2)21(13)11-15-6-5-9-23-15)18(22)12-24-19-8-4-3-7-17(19)20/h3-10H,11-12H2,1-2H3. The Hall–Kier alpha value is -1.91. The predicted octanol–water partition coefficient (Wildman–Crippen LogP) is 5.37. The third-order valence-electron chi connectivity index (χ3n) is 3.96. The fraction of sp³-hybridized carbons (Fsp3) is 0.211. The van der Waals surface area contributed by atoms with E-state index in [-0.39, 0.29) is 5.78 Å². The van der Waals surface area contributed by atoms with E-state index in [1.165, 1.54) is 11.8 Å². The largest absolute Gasteiger partial charge is 0.467 e. The molecule has 3 nitrogen and oxygen atoms in total. The van der Waals surface area contributed by atoms with E-state index in [0.717, 1.165) is 27.6 Å². The van der Waals surface area contributed by atoms with Gasteiger partial charge in [-0.3, -0.25) is 4.79 Å². The van der Waals surface area contributed by atoms with E-state index < -0.39 is 0 Å². The fourth-order valence-corrected chi connectivity index (χ4v) is 3.79. The Labute approximate surface area is 150 Å². The quantitative estimate of drug-likeness (QED) is 0.438. The molecule has 3 aromatic rings. The van der Waals surface area contributed by atoms with Crippen molar-refractivity contribution in [3.05, 3.63) is 76.5 Å². The van der Waals surface area contributed by atoms with Crippen LogP contribution in [0, 0.1) is 13.8 Å². The number of carbonyl (C=O) groups excluding carboxylic acids is 1. The van der Waals surface area contributed by atoms with Crippen LogP contribution in [-0.2, 0) is 6.54 Å². The predicted molar refractivity (Wildman–Crippen MR) is 98.2 cm³/mol. The molecule has 24 heavy (non-hydrogen) atoms. The van der Waals surface area contributed by atoms with Gasteiger partial charge in [-0.25, -0.2) is 0 Å². The first kappa shape index (κ1) is 16.9. The first-order valence-corrected chi connectivity index (χ1v) is 9.02. The van der Waals surface area contributed by atoms with E-state index in [1.54, 1.807) is 6.26 Å². The molecule has 0 saturated carbocycles. The lowest BCUT2D eigenvalue weighted by Gasteiger charge is -2.08. The third kappa shape index (κ3) is 3.60. The van der Waals surface area contributed by atoms with Crippen LogP contribution < -0.4 is 0 Å². The third-order valence-corrected chi connectivity index (χ3v) is 5.48. The summed E-state index contributed by atoms with van der Waals surface area (Å²) < 4.78 is 7.51. The van der Waals surface area contributed by atoms with Gasteiger partial charge in [-0.1, -0.05) is 23.7 Å². The number of hydrogen-bond donors (Lipinski definition) is 0. The van der Waals surface area contributed by atoms with E-state index in [4.69, 9.17) is 16.0 Å². The average molecular weight is 360 g/mol. The van der Waals surface area contributed by atoms with Gasteiger partial charge in [0.15, 0.2) is 5.78 Å². The lowest BCUT2D eigenvalue weighted by Crippen LogP contribution is -2.07. The first-order valence-electron chi connectivity index (χ1n) is 7.66. The van der Waals surface area contributed by atoms with Gasteiger partial charge in [0.05, 0.1) is 23.6 Å². The zero-order chi connectivity index (χ0) is 17.1. The molecule has 2 heterocycles. The maximum Gasteiger partial charge on any atom is 0.174 e. The number of benzene rings is 1. The summed E-state index contributed by atoms with van der Waals surface area (Å²) in [5.41, 5.74) is 2.78. The summed E-state index contributed by atoms with van der Waals surface area (Å²) in [7, 11) is 0. The molecule has 0 spiro atoms. The molecule has 0 aliphatic heterocycles. The second-order valence-electron chi connectivity index (χ2n) is 5.59. The van der Waals surface area contributed by atoms with Crippen LogP contribution in [-0.4, -0.2) is 16.1 Å². The number of aromatic nitrogens is 1. The molecule has 0 atom stereocenters. The van der Waals surface area contributed by atoms with Crippen molar-refractivity contribution in [1.82, 2.24) is 4.57 Å². The highest BCUT2D eigenvalue weighted by Gasteiger charge is 2.17. The molecule has 0 unspecified atom stereocenters. The van der Waals surface area contributed by atoms with Crippen molar-refractivity contribution >= 4 is 29.1 Å².